The summed E-state index contributed by atoms with van der Waals surface area (Å²) < 4.78 is 39.2. The van der Waals surface area contributed by atoms with Crippen LogP contribution >= 0.6 is 0 Å². The number of nitrogens with one attached hydrogen (secondary N) is 4. The van der Waals surface area contributed by atoms with Crippen molar-refractivity contribution < 1.29 is 37.4 Å². The Morgan fingerprint density at radius 2 is 1.47 bits per heavy atom. The highest BCUT2D eigenvalue weighted by atomic mass is 28.3. The third-order valence-corrected chi connectivity index (χ3v) is 15.1. The number of fused-ring (bicyclic) bond motifs is 3. The van der Waals surface area contributed by atoms with Crippen molar-refractivity contribution in [3.05, 3.63) is 72.4 Å². The molecule has 5 atom stereocenters. The number of likely N-dealkylation sites (tertiary alicyclic amines) is 1. The number of imidazole rings is 2. The maximum Gasteiger partial charge on any atom is 0.407 e. The van der Waals surface area contributed by atoms with E-state index >= 15 is 0 Å². The van der Waals surface area contributed by atoms with Gasteiger partial charge in [0, 0.05) is 31.7 Å². The number of Topliss-reactive ketones (excluding diaryl/α,β-unsaturated/α-hetero) is 1. The predicted octanol–water partition coefficient (Wildman–Crippen LogP) is 8.43. The minimum atomic E-state index is -3.13. The first-order valence-electron chi connectivity index (χ1n) is 20.4. The molecule has 4 N–H and O–H groups in total. The Hall–Kier alpha value is -5.64. The van der Waals surface area contributed by atoms with E-state index in [1.54, 1.807) is 20.0 Å². The largest absolute Gasteiger partial charge is 0.453 e. The first-order valence-corrected chi connectivity index (χ1v) is 23.8. The number of alkyl carbamates (subject to hydrolysis) is 2. The van der Waals surface area contributed by atoms with Crippen molar-refractivity contribution in [3.63, 3.8) is 0 Å². The number of halogens is 2. The van der Waals surface area contributed by atoms with E-state index in [4.69, 9.17) is 9.72 Å². The number of hydrogen-bond donors (Lipinski definition) is 4. The van der Waals surface area contributed by atoms with Crippen LogP contribution in [0.1, 0.15) is 57.7 Å². The first-order chi connectivity index (χ1) is 28.4. The fraction of sp³-hybridized carbons (Fsp3) is 0.455. The molecule has 0 saturated carbocycles. The standard InChI is InChI=1S/C44H53F2N7O6Si/c1-23(2)35(51-42(56)58-5)38(54)30-20-60(7,8)21-31(30)39-48-32-16-14-28-17-27(13-15-29(28)37(32)50-39)25-9-11-26(12-10-25)33-19-47-40(49-33)34-18-44(45,46)22-53(34)41(55)36(24(3)4)52-43(57)59-6/h9-17,19,23-24,30-31,34-36H,18,20-22H2,1-8H3,(H,47,49)(H,48,50)(H,51,56)(H,52,57)/t30?,31-,34+,35+,36?/m1/s1. The molecule has 2 unspecified atom stereocenters. The number of rotatable bonds is 11. The molecule has 4 heterocycles. The SMILES string of the molecule is COC(=O)NC(C(=O)N1CC(F)(F)C[C@H]1c1ncc(-c2ccc(-c3ccc4c(ccc5[nH]c([C@@H]6C[Si](C)(C)CC6C(=O)[C@@H](NC(=O)OC)C(C)C)nc54)c3)cc2)[nH]1)C(C)C. The zero-order chi connectivity index (χ0) is 43.3. The van der Waals surface area contributed by atoms with Crippen LogP contribution in [0.3, 0.4) is 0 Å². The molecule has 0 aliphatic carbocycles. The van der Waals surface area contributed by atoms with E-state index in [1.165, 1.54) is 14.2 Å². The van der Waals surface area contributed by atoms with E-state index < -0.39 is 63.2 Å². The number of ketones is 1. The Morgan fingerprint density at radius 1 is 0.833 bits per heavy atom. The number of carbonyl (C=O) groups excluding carboxylic acids is 4. The van der Waals surface area contributed by atoms with Gasteiger partial charge < -0.3 is 35.0 Å². The second-order valence-electron chi connectivity index (χ2n) is 17.7. The number of benzene rings is 3. The van der Waals surface area contributed by atoms with E-state index in [9.17, 15) is 28.0 Å². The predicted molar refractivity (Wildman–Crippen MR) is 227 cm³/mol. The molecule has 3 aromatic carbocycles. The number of H-pyrrole nitrogens is 2. The van der Waals surface area contributed by atoms with Crippen LogP contribution in [0.2, 0.25) is 25.2 Å². The number of methoxy groups -OCH3 is 2. The molecular weight excluding hydrogens is 789 g/mol. The van der Waals surface area contributed by atoms with Gasteiger partial charge in [-0.2, -0.15) is 0 Å². The summed E-state index contributed by atoms with van der Waals surface area (Å²) in [7, 11) is 0.743. The zero-order valence-electron chi connectivity index (χ0n) is 35.2. The average Bonchev–Trinajstić information content (AvgIpc) is 4.01. The van der Waals surface area contributed by atoms with Gasteiger partial charge in [0.2, 0.25) is 5.91 Å². The van der Waals surface area contributed by atoms with Crippen LogP contribution in [0.5, 0.6) is 0 Å². The average molecular weight is 842 g/mol. The summed E-state index contributed by atoms with van der Waals surface area (Å²) in [6, 6.07) is 17.1. The lowest BCUT2D eigenvalue weighted by atomic mass is 9.84. The number of hydrogen-bond acceptors (Lipinski definition) is 8. The van der Waals surface area contributed by atoms with Crippen LogP contribution in [0, 0.1) is 17.8 Å². The molecular formula is C44H53F2N7O6Si. The number of alkyl halides is 2. The van der Waals surface area contributed by atoms with Gasteiger partial charge in [-0.25, -0.2) is 28.3 Å². The van der Waals surface area contributed by atoms with Crippen molar-refractivity contribution in [3.8, 4) is 22.4 Å². The number of aromatic nitrogens is 4. The van der Waals surface area contributed by atoms with Gasteiger partial charge in [0.15, 0.2) is 5.78 Å². The maximum absolute atomic E-state index is 14.8. The van der Waals surface area contributed by atoms with Crippen molar-refractivity contribution in [1.82, 2.24) is 35.5 Å². The Kier molecular flexibility index (Phi) is 11.6. The van der Waals surface area contributed by atoms with Crippen LogP contribution in [0.25, 0.3) is 44.2 Å². The highest BCUT2D eigenvalue weighted by molar-refractivity contribution is 6.78. The Bertz CT molecular complexity index is 2430. The second kappa shape index (κ2) is 16.4. The number of amides is 3. The molecule has 60 heavy (non-hydrogen) atoms. The van der Waals surface area contributed by atoms with Crippen LogP contribution in [0.15, 0.2) is 60.8 Å². The summed E-state index contributed by atoms with van der Waals surface area (Å²) in [5.41, 5.74) is 5.08. The van der Waals surface area contributed by atoms with Crippen LogP contribution in [-0.2, 0) is 19.1 Å². The van der Waals surface area contributed by atoms with Gasteiger partial charge in [-0.1, -0.05) is 83.3 Å². The van der Waals surface area contributed by atoms with Crippen molar-refractivity contribution >= 4 is 53.8 Å². The highest BCUT2D eigenvalue weighted by Crippen LogP contribution is 2.47. The number of carbonyl (C=O) groups is 4. The molecule has 16 heteroatoms. The molecule has 13 nitrogen and oxygen atoms in total. The zero-order valence-corrected chi connectivity index (χ0v) is 36.2. The number of nitrogens with zero attached hydrogens (tertiary/aromatic N) is 3. The van der Waals surface area contributed by atoms with E-state index in [1.807, 2.05) is 44.2 Å². The molecule has 0 spiro atoms. The smallest absolute Gasteiger partial charge is 0.407 e. The van der Waals surface area contributed by atoms with Crippen molar-refractivity contribution in [1.29, 1.82) is 0 Å². The van der Waals surface area contributed by atoms with Gasteiger partial charge in [-0.05, 0) is 58.1 Å². The maximum atomic E-state index is 14.8. The Morgan fingerprint density at radius 3 is 2.12 bits per heavy atom. The quantitative estimate of drug-likeness (QED) is 0.0960. The van der Waals surface area contributed by atoms with Gasteiger partial charge in [0.1, 0.15) is 17.7 Å². The normalized spacial score (nSPS) is 20.7. The molecule has 2 aliphatic heterocycles. The van der Waals surface area contributed by atoms with E-state index in [0.717, 1.165) is 61.3 Å². The molecule has 2 saturated heterocycles. The first kappa shape index (κ1) is 42.5. The van der Waals surface area contributed by atoms with E-state index in [0.29, 0.717) is 5.69 Å². The lowest BCUT2D eigenvalue weighted by Crippen LogP contribution is -2.51. The molecule has 0 bridgehead atoms. The molecule has 0 radical (unpaired) electrons. The van der Waals surface area contributed by atoms with Crippen LogP contribution in [-0.4, -0.2) is 95.6 Å². The summed E-state index contributed by atoms with van der Waals surface area (Å²) in [6.45, 7) is 11.1. The minimum Gasteiger partial charge on any atom is -0.453 e. The third-order valence-electron chi connectivity index (χ3n) is 12.1. The van der Waals surface area contributed by atoms with Gasteiger partial charge in [0.05, 0.1) is 55.8 Å². The summed E-state index contributed by atoms with van der Waals surface area (Å²) in [4.78, 5) is 69.1. The van der Waals surface area contributed by atoms with Crippen LogP contribution in [0.4, 0.5) is 18.4 Å². The summed E-state index contributed by atoms with van der Waals surface area (Å²) in [6.07, 6.45) is -0.456. The lowest BCUT2D eigenvalue weighted by Gasteiger charge is -2.29. The van der Waals surface area contributed by atoms with Crippen molar-refractivity contribution in [2.24, 2.45) is 17.8 Å². The van der Waals surface area contributed by atoms with Crippen molar-refractivity contribution in [2.75, 3.05) is 20.8 Å². The summed E-state index contributed by atoms with van der Waals surface area (Å²) >= 11 is 0. The van der Waals surface area contributed by atoms with Gasteiger partial charge in [0.25, 0.3) is 5.92 Å². The molecule has 2 fully saturated rings. The lowest BCUT2D eigenvalue weighted by molar-refractivity contribution is -0.136. The van der Waals surface area contributed by atoms with Gasteiger partial charge in [-0.15, -0.1) is 0 Å². The Labute approximate surface area is 348 Å². The third kappa shape index (κ3) is 8.51. The van der Waals surface area contributed by atoms with Crippen LogP contribution < -0.4 is 10.6 Å². The second-order valence-corrected chi connectivity index (χ2v) is 22.9. The highest BCUT2D eigenvalue weighted by Gasteiger charge is 2.51. The number of aromatic amines is 2. The Balaban J connectivity index is 1.11. The fourth-order valence-electron chi connectivity index (χ4n) is 8.97. The van der Waals surface area contributed by atoms with Crippen molar-refractivity contribution in [2.45, 2.75) is 89.3 Å². The molecule has 3 amide bonds. The fourth-order valence-corrected chi connectivity index (χ4v) is 12.5. The van der Waals surface area contributed by atoms with E-state index in [-0.39, 0.29) is 35.3 Å². The summed E-state index contributed by atoms with van der Waals surface area (Å²) in [5, 5.41) is 7.25. The topological polar surface area (TPSA) is 171 Å². The van der Waals surface area contributed by atoms with E-state index in [2.05, 4.69) is 67.7 Å². The molecule has 318 valence electrons. The number of ether oxygens (including phenoxy) is 2. The van der Waals surface area contributed by atoms with Gasteiger partial charge in [-0.3, -0.25) is 9.59 Å². The minimum absolute atomic E-state index is 0.0238. The molecule has 7 rings (SSSR count). The van der Waals surface area contributed by atoms with Gasteiger partial charge >= 0.3 is 12.2 Å². The monoisotopic (exact) mass is 841 g/mol. The summed E-state index contributed by atoms with van der Waals surface area (Å²) in [5.74, 6) is -3.52. The molecule has 2 aromatic heterocycles. The molecule has 5 aromatic rings. The molecule has 2 aliphatic rings.